The Morgan fingerprint density at radius 3 is 2.54 bits per heavy atom. The van der Waals surface area contributed by atoms with Gasteiger partial charge < -0.3 is 14.8 Å². The van der Waals surface area contributed by atoms with Crippen molar-refractivity contribution in [2.45, 2.75) is 38.6 Å². The molecule has 1 atom stereocenters. The molecule has 4 rings (SSSR count). The topological polar surface area (TPSA) is 95.3 Å². The molecule has 1 amide bonds. The number of esters is 1. The van der Waals surface area contributed by atoms with Crippen LogP contribution >= 0.6 is 23.1 Å². The first-order valence-corrected chi connectivity index (χ1v) is 14.1. The van der Waals surface area contributed by atoms with Crippen molar-refractivity contribution in [2.75, 3.05) is 18.2 Å². The highest BCUT2D eigenvalue weighted by Gasteiger charge is 2.26. The van der Waals surface area contributed by atoms with Crippen LogP contribution in [0, 0.1) is 13.8 Å². The van der Waals surface area contributed by atoms with Gasteiger partial charge in [-0.05, 0) is 38.0 Å². The molecule has 4 aromatic rings. The summed E-state index contributed by atoms with van der Waals surface area (Å²) in [6.07, 6.45) is 1.38. The molecule has 8 nitrogen and oxygen atoms in total. The number of ether oxygens (including phenoxy) is 2. The van der Waals surface area contributed by atoms with Gasteiger partial charge in [0.05, 0.1) is 12.9 Å². The number of aromatic nitrogens is 3. The predicted molar refractivity (Wildman–Crippen MR) is 156 cm³/mol. The number of anilines is 1. The van der Waals surface area contributed by atoms with Crippen LogP contribution in [-0.2, 0) is 16.1 Å². The second-order valence-corrected chi connectivity index (χ2v) is 10.9. The summed E-state index contributed by atoms with van der Waals surface area (Å²) < 4.78 is 13.1. The van der Waals surface area contributed by atoms with Crippen LogP contribution in [0.3, 0.4) is 0 Å². The highest BCUT2D eigenvalue weighted by Crippen LogP contribution is 2.40. The summed E-state index contributed by atoms with van der Waals surface area (Å²) in [7, 11) is 1.33. The Balaban J connectivity index is 1.50. The molecule has 0 bridgehead atoms. The Kier molecular flexibility index (Phi) is 9.21. The van der Waals surface area contributed by atoms with E-state index in [4.69, 9.17) is 9.47 Å². The van der Waals surface area contributed by atoms with E-state index >= 15 is 0 Å². The molecule has 10 heteroatoms. The van der Waals surface area contributed by atoms with Gasteiger partial charge in [0.25, 0.3) is 0 Å². The van der Waals surface area contributed by atoms with Crippen molar-refractivity contribution >= 4 is 40.0 Å². The minimum absolute atomic E-state index is 0.0700. The van der Waals surface area contributed by atoms with Gasteiger partial charge in [-0.3, -0.25) is 9.36 Å². The van der Waals surface area contributed by atoms with Gasteiger partial charge in [0.2, 0.25) is 5.91 Å². The number of hydrogen-bond acceptors (Lipinski definition) is 8. The van der Waals surface area contributed by atoms with Gasteiger partial charge in [-0.2, -0.15) is 0 Å². The number of allylic oxidation sites excluding steroid dienone is 1. The fraction of sp³-hybridized carbons (Fsp3) is 0.241. The molecule has 39 heavy (non-hydrogen) atoms. The van der Waals surface area contributed by atoms with Gasteiger partial charge in [0.15, 0.2) is 17.1 Å². The van der Waals surface area contributed by atoms with E-state index in [1.165, 1.54) is 30.2 Å². The van der Waals surface area contributed by atoms with E-state index in [0.29, 0.717) is 28.1 Å². The largest absolute Gasteiger partial charge is 0.482 e. The van der Waals surface area contributed by atoms with Crippen molar-refractivity contribution in [3.05, 3.63) is 89.1 Å². The minimum Gasteiger partial charge on any atom is -0.482 e. The van der Waals surface area contributed by atoms with E-state index in [9.17, 15) is 9.59 Å². The number of amides is 1. The van der Waals surface area contributed by atoms with Crippen molar-refractivity contribution in [2.24, 2.45) is 0 Å². The van der Waals surface area contributed by atoms with Gasteiger partial charge in [-0.15, -0.1) is 28.1 Å². The van der Waals surface area contributed by atoms with Gasteiger partial charge in [0.1, 0.15) is 16.3 Å². The summed E-state index contributed by atoms with van der Waals surface area (Å²) >= 11 is 2.60. The number of para-hydroxylation sites is 1. The van der Waals surface area contributed by atoms with Crippen molar-refractivity contribution in [3.63, 3.8) is 0 Å². The number of thiophene rings is 1. The summed E-state index contributed by atoms with van der Waals surface area (Å²) in [5.74, 6) is 0.703. The maximum atomic E-state index is 13.0. The molecular formula is C29H30N4O4S2. The van der Waals surface area contributed by atoms with Gasteiger partial charge in [-0.1, -0.05) is 66.4 Å². The zero-order valence-electron chi connectivity index (χ0n) is 22.3. The zero-order valence-corrected chi connectivity index (χ0v) is 23.9. The van der Waals surface area contributed by atoms with Crippen molar-refractivity contribution in [1.29, 1.82) is 0 Å². The molecule has 2 heterocycles. The van der Waals surface area contributed by atoms with Gasteiger partial charge in [-0.25, -0.2) is 4.79 Å². The lowest BCUT2D eigenvalue weighted by atomic mass is 10.0. The lowest BCUT2D eigenvalue weighted by Gasteiger charge is -2.17. The molecule has 0 saturated heterocycles. The van der Waals surface area contributed by atoms with E-state index in [-0.39, 0.29) is 17.8 Å². The molecule has 202 valence electrons. The molecule has 2 aromatic carbocycles. The molecule has 0 aliphatic heterocycles. The summed E-state index contributed by atoms with van der Waals surface area (Å²) in [5, 5.41) is 12.6. The second-order valence-electron chi connectivity index (χ2n) is 8.70. The maximum Gasteiger partial charge on any atom is 0.341 e. The molecule has 0 saturated carbocycles. The molecule has 0 radical (unpaired) electrons. The van der Waals surface area contributed by atoms with Crippen LogP contribution in [0.1, 0.15) is 39.7 Å². The molecule has 1 unspecified atom stereocenters. The van der Waals surface area contributed by atoms with Crippen LogP contribution in [0.5, 0.6) is 5.75 Å². The molecular weight excluding hydrogens is 532 g/mol. The van der Waals surface area contributed by atoms with Crippen molar-refractivity contribution < 1.29 is 19.1 Å². The molecule has 2 aromatic heterocycles. The van der Waals surface area contributed by atoms with E-state index in [0.717, 1.165) is 27.3 Å². The van der Waals surface area contributed by atoms with Crippen LogP contribution in [0.25, 0.3) is 11.1 Å². The number of thioether (sulfide) groups is 1. The average molecular weight is 563 g/mol. The number of hydrogen-bond donors (Lipinski definition) is 1. The number of nitrogens with one attached hydrogen (secondary N) is 1. The molecule has 1 N–H and O–H groups in total. The third-order valence-corrected chi connectivity index (χ3v) is 7.93. The average Bonchev–Trinajstić information content (AvgIpc) is 3.49. The maximum absolute atomic E-state index is 13.0. The van der Waals surface area contributed by atoms with Gasteiger partial charge >= 0.3 is 5.97 Å². The van der Waals surface area contributed by atoms with Crippen molar-refractivity contribution in [1.82, 2.24) is 14.8 Å². The second kappa shape index (κ2) is 12.8. The normalized spacial score (nSPS) is 11.6. The number of nitrogens with zero attached hydrogens (tertiary/aromatic N) is 3. The molecule has 0 aliphatic rings. The number of aryl methyl sites for hydroxylation is 2. The van der Waals surface area contributed by atoms with Crippen molar-refractivity contribution in [3.8, 4) is 16.9 Å². The fourth-order valence-corrected chi connectivity index (χ4v) is 5.95. The van der Waals surface area contributed by atoms with E-state index in [2.05, 4.69) is 22.1 Å². The van der Waals surface area contributed by atoms with Crippen LogP contribution in [0.2, 0.25) is 0 Å². The third-order valence-electron chi connectivity index (χ3n) is 5.94. The highest BCUT2D eigenvalue weighted by atomic mass is 32.2. The number of carbonyl (C=O) groups excluding carboxylic acids is 2. The first-order chi connectivity index (χ1) is 18.8. The first-order valence-electron chi connectivity index (χ1n) is 12.3. The Hall–Kier alpha value is -3.89. The lowest BCUT2D eigenvalue weighted by molar-refractivity contribution is -0.113. The van der Waals surface area contributed by atoms with E-state index < -0.39 is 5.97 Å². The molecule has 0 aliphatic carbocycles. The number of benzene rings is 2. The smallest absolute Gasteiger partial charge is 0.341 e. The third kappa shape index (κ3) is 6.40. The van der Waals surface area contributed by atoms with Crippen LogP contribution in [0.15, 0.2) is 72.4 Å². The van der Waals surface area contributed by atoms with Crippen LogP contribution < -0.4 is 10.1 Å². The predicted octanol–water partition coefficient (Wildman–Crippen LogP) is 6.47. The number of carbonyl (C=O) groups is 2. The Labute approximate surface area is 236 Å². The zero-order chi connectivity index (χ0) is 27.9. The minimum atomic E-state index is -0.501. The first kappa shape index (κ1) is 28.1. The van der Waals surface area contributed by atoms with E-state index in [1.807, 2.05) is 79.9 Å². The van der Waals surface area contributed by atoms with E-state index in [1.54, 1.807) is 6.08 Å². The van der Waals surface area contributed by atoms with Crippen LogP contribution in [-0.4, -0.2) is 39.5 Å². The lowest BCUT2D eigenvalue weighted by Crippen LogP contribution is -2.17. The SMILES string of the molecule is C=CCn1c(SCC(=O)Nc2sc(C)c(-c3ccccc3)c2C(=O)OC)nnc1C(C)Oc1ccccc1C. The summed E-state index contributed by atoms with van der Waals surface area (Å²) in [6, 6.07) is 17.4. The monoisotopic (exact) mass is 562 g/mol. The molecule has 0 spiro atoms. The molecule has 0 fully saturated rings. The quantitative estimate of drug-likeness (QED) is 0.127. The fourth-order valence-electron chi connectivity index (χ4n) is 4.11. The number of methoxy groups -OCH3 is 1. The Bertz CT molecular complexity index is 1480. The summed E-state index contributed by atoms with van der Waals surface area (Å²) in [4.78, 5) is 26.6. The summed E-state index contributed by atoms with van der Waals surface area (Å²) in [5.41, 5.74) is 3.02. The highest BCUT2D eigenvalue weighted by molar-refractivity contribution is 7.99. The number of rotatable bonds is 11. The Morgan fingerprint density at radius 2 is 1.85 bits per heavy atom. The van der Waals surface area contributed by atoms with Gasteiger partial charge in [0, 0.05) is 17.0 Å². The Morgan fingerprint density at radius 1 is 1.13 bits per heavy atom. The standard InChI is InChI=1S/C29H30N4O4S2/c1-6-16-33-26(19(3)37-22-15-11-10-12-18(22)2)31-32-29(33)38-17-23(34)30-27-25(28(35)36-5)24(20(4)39-27)21-13-8-7-9-14-21/h6-15,19H,1,16-17H2,2-5H3,(H,30,34). The van der Waals surface area contributed by atoms with Crippen LogP contribution in [0.4, 0.5) is 5.00 Å². The summed E-state index contributed by atoms with van der Waals surface area (Å²) in [6.45, 7) is 10.1.